The van der Waals surface area contributed by atoms with Crippen LogP contribution in [0.2, 0.25) is 0 Å². The van der Waals surface area contributed by atoms with Gasteiger partial charge in [-0.15, -0.1) is 0 Å². The summed E-state index contributed by atoms with van der Waals surface area (Å²) >= 11 is 0. The highest BCUT2D eigenvalue weighted by atomic mass is 19.4. The van der Waals surface area contributed by atoms with E-state index in [2.05, 4.69) is 4.98 Å². The Morgan fingerprint density at radius 1 is 1.41 bits per heavy atom. The van der Waals surface area contributed by atoms with Gasteiger partial charge in [-0.25, -0.2) is 4.98 Å². The predicted molar refractivity (Wildman–Crippen MR) is 76.3 cm³/mol. The molecule has 1 aliphatic heterocycles. The summed E-state index contributed by atoms with van der Waals surface area (Å²) in [5.41, 5.74) is 5.25. The van der Waals surface area contributed by atoms with Crippen LogP contribution in [-0.2, 0) is 6.18 Å². The van der Waals surface area contributed by atoms with Crippen LogP contribution in [0.1, 0.15) is 47.9 Å². The van der Waals surface area contributed by atoms with Crippen LogP contribution in [0.3, 0.4) is 0 Å². The molecule has 1 fully saturated rings. The summed E-state index contributed by atoms with van der Waals surface area (Å²) in [6.45, 7) is 3.84. The van der Waals surface area contributed by atoms with Gasteiger partial charge in [0.1, 0.15) is 5.69 Å². The van der Waals surface area contributed by atoms with Gasteiger partial charge >= 0.3 is 6.18 Å². The monoisotopic (exact) mass is 315 g/mol. The summed E-state index contributed by atoms with van der Waals surface area (Å²) in [6, 6.07) is 1.81. The number of pyridine rings is 1. The van der Waals surface area contributed by atoms with Crippen LogP contribution in [-0.4, -0.2) is 34.4 Å². The fraction of sp³-hybridized carbons (Fsp3) is 0.600. The number of rotatable bonds is 2. The second-order valence-corrected chi connectivity index (χ2v) is 5.75. The molecule has 0 saturated carbocycles. The molecule has 2 heterocycles. The number of piperidine rings is 1. The molecule has 0 radical (unpaired) electrons. The number of aryl methyl sites for hydroxylation is 1. The second kappa shape index (κ2) is 6.24. The van der Waals surface area contributed by atoms with Crippen molar-refractivity contribution in [2.24, 2.45) is 5.73 Å². The van der Waals surface area contributed by atoms with Crippen LogP contribution in [0, 0.1) is 6.92 Å². The van der Waals surface area contributed by atoms with E-state index in [1.807, 2.05) is 6.92 Å². The molecule has 1 saturated heterocycles. The van der Waals surface area contributed by atoms with Crippen molar-refractivity contribution in [2.45, 2.75) is 51.4 Å². The third-order valence-electron chi connectivity index (χ3n) is 4.02. The van der Waals surface area contributed by atoms with Crippen molar-refractivity contribution in [1.82, 2.24) is 9.88 Å². The Morgan fingerprint density at radius 2 is 2.09 bits per heavy atom. The van der Waals surface area contributed by atoms with E-state index in [1.54, 1.807) is 4.90 Å². The number of nitrogens with zero attached hydrogens (tertiary/aromatic N) is 2. The fourth-order valence-electron chi connectivity index (χ4n) is 2.86. The second-order valence-electron chi connectivity index (χ2n) is 5.75. The number of carbonyl (C=O) groups is 1. The minimum absolute atomic E-state index is 0.0806. The van der Waals surface area contributed by atoms with E-state index in [1.165, 1.54) is 13.0 Å². The molecular weight excluding hydrogens is 295 g/mol. The molecule has 2 N–H and O–H groups in total. The topological polar surface area (TPSA) is 59.2 Å². The summed E-state index contributed by atoms with van der Waals surface area (Å²) in [7, 11) is 0. The molecule has 2 rings (SSSR count). The van der Waals surface area contributed by atoms with Gasteiger partial charge in [0.15, 0.2) is 0 Å². The number of hydrogen-bond donors (Lipinski definition) is 1. The number of nitrogens with two attached hydrogens (primary N) is 1. The zero-order valence-electron chi connectivity index (χ0n) is 12.7. The molecule has 1 aromatic heterocycles. The molecule has 7 heteroatoms. The number of alkyl halides is 3. The first-order valence-corrected chi connectivity index (χ1v) is 7.33. The molecule has 122 valence electrons. The molecule has 0 spiro atoms. The molecule has 2 atom stereocenters. The van der Waals surface area contributed by atoms with Crippen LogP contribution in [0.5, 0.6) is 0 Å². The predicted octanol–water partition coefficient (Wildman–Crippen LogP) is 2.75. The summed E-state index contributed by atoms with van der Waals surface area (Å²) < 4.78 is 37.9. The standard InChI is InChI=1S/C15H20F3N3O/c1-9(19)12-5-3-4-8-21(12)14(22)11-6-7-13(15(16,17)18)20-10(11)2/h6-7,9,12H,3-5,8,19H2,1-2H3. The highest BCUT2D eigenvalue weighted by Gasteiger charge is 2.34. The molecule has 0 bridgehead atoms. The molecule has 0 aromatic carbocycles. The number of aromatic nitrogens is 1. The van der Waals surface area contributed by atoms with Crippen LogP contribution in [0.25, 0.3) is 0 Å². The molecule has 22 heavy (non-hydrogen) atoms. The van der Waals surface area contributed by atoms with Gasteiger partial charge in [0.05, 0.1) is 11.3 Å². The zero-order chi connectivity index (χ0) is 16.5. The van der Waals surface area contributed by atoms with Gasteiger partial charge in [-0.3, -0.25) is 4.79 Å². The van der Waals surface area contributed by atoms with Gasteiger partial charge in [0.2, 0.25) is 0 Å². The van der Waals surface area contributed by atoms with Crippen LogP contribution in [0.4, 0.5) is 13.2 Å². The Labute approximate surface area is 127 Å². The molecular formula is C15H20F3N3O. The lowest BCUT2D eigenvalue weighted by molar-refractivity contribution is -0.141. The van der Waals surface area contributed by atoms with E-state index in [0.717, 1.165) is 25.3 Å². The molecule has 1 aliphatic rings. The average Bonchev–Trinajstić information content (AvgIpc) is 2.45. The van der Waals surface area contributed by atoms with Crippen molar-refractivity contribution in [3.05, 3.63) is 29.1 Å². The van der Waals surface area contributed by atoms with E-state index in [4.69, 9.17) is 5.73 Å². The van der Waals surface area contributed by atoms with Gasteiger partial charge < -0.3 is 10.6 Å². The van der Waals surface area contributed by atoms with Gasteiger partial charge in [-0.1, -0.05) is 0 Å². The largest absolute Gasteiger partial charge is 0.433 e. The van der Waals surface area contributed by atoms with Crippen LogP contribution in [0.15, 0.2) is 12.1 Å². The van der Waals surface area contributed by atoms with Gasteiger partial charge in [-0.2, -0.15) is 13.2 Å². The third-order valence-corrected chi connectivity index (χ3v) is 4.02. The van der Waals surface area contributed by atoms with Crippen molar-refractivity contribution < 1.29 is 18.0 Å². The quantitative estimate of drug-likeness (QED) is 0.913. The summed E-state index contributed by atoms with van der Waals surface area (Å²) in [6.07, 6.45) is -1.81. The molecule has 1 aromatic rings. The smallest absolute Gasteiger partial charge is 0.334 e. The maximum absolute atomic E-state index is 12.6. The Balaban J connectivity index is 2.29. The van der Waals surface area contributed by atoms with E-state index in [-0.39, 0.29) is 29.2 Å². The normalized spacial score (nSPS) is 20.8. The summed E-state index contributed by atoms with van der Waals surface area (Å²) in [5, 5.41) is 0. The number of carbonyl (C=O) groups excluding carboxylic acids is 1. The lowest BCUT2D eigenvalue weighted by Crippen LogP contribution is -2.51. The van der Waals surface area contributed by atoms with Crippen molar-refractivity contribution in [1.29, 1.82) is 0 Å². The Bertz CT molecular complexity index is 557. The van der Waals surface area contributed by atoms with E-state index in [0.29, 0.717) is 6.54 Å². The van der Waals surface area contributed by atoms with Crippen LogP contribution >= 0.6 is 0 Å². The maximum Gasteiger partial charge on any atom is 0.433 e. The maximum atomic E-state index is 12.6. The van der Waals surface area contributed by atoms with Crippen LogP contribution < -0.4 is 5.73 Å². The molecule has 2 unspecified atom stereocenters. The summed E-state index contributed by atoms with van der Waals surface area (Å²) in [5.74, 6) is -0.291. The summed E-state index contributed by atoms with van der Waals surface area (Å²) in [4.78, 5) is 17.8. The van der Waals surface area contributed by atoms with Gasteiger partial charge in [-0.05, 0) is 45.2 Å². The van der Waals surface area contributed by atoms with Crippen molar-refractivity contribution >= 4 is 5.91 Å². The average molecular weight is 315 g/mol. The van der Waals surface area contributed by atoms with E-state index >= 15 is 0 Å². The lowest BCUT2D eigenvalue weighted by atomic mass is 9.96. The van der Waals surface area contributed by atoms with Crippen molar-refractivity contribution in [3.63, 3.8) is 0 Å². The first kappa shape index (κ1) is 16.7. The zero-order valence-corrected chi connectivity index (χ0v) is 12.7. The van der Waals surface area contributed by atoms with Gasteiger partial charge in [0, 0.05) is 18.6 Å². The van der Waals surface area contributed by atoms with E-state index < -0.39 is 11.9 Å². The Kier molecular flexibility index (Phi) is 4.75. The first-order valence-electron chi connectivity index (χ1n) is 7.33. The number of likely N-dealkylation sites (tertiary alicyclic amines) is 1. The number of amides is 1. The van der Waals surface area contributed by atoms with Crippen molar-refractivity contribution in [2.75, 3.05) is 6.54 Å². The van der Waals surface area contributed by atoms with Crippen molar-refractivity contribution in [3.8, 4) is 0 Å². The number of halogens is 3. The Morgan fingerprint density at radius 3 is 2.64 bits per heavy atom. The first-order chi connectivity index (χ1) is 10.2. The fourth-order valence-corrected chi connectivity index (χ4v) is 2.86. The minimum Gasteiger partial charge on any atom is -0.334 e. The number of hydrogen-bond acceptors (Lipinski definition) is 3. The molecule has 1 amide bonds. The molecule has 0 aliphatic carbocycles. The lowest BCUT2D eigenvalue weighted by Gasteiger charge is -2.38. The minimum atomic E-state index is -4.51. The Hall–Kier alpha value is -1.63. The third kappa shape index (κ3) is 3.40. The van der Waals surface area contributed by atoms with Gasteiger partial charge in [0.25, 0.3) is 5.91 Å². The SMILES string of the molecule is Cc1nc(C(F)(F)F)ccc1C(=O)N1CCCCC1C(C)N. The van der Waals surface area contributed by atoms with E-state index in [9.17, 15) is 18.0 Å². The highest BCUT2D eigenvalue weighted by molar-refractivity contribution is 5.95. The highest BCUT2D eigenvalue weighted by Crippen LogP contribution is 2.29. The molecule has 4 nitrogen and oxygen atoms in total.